The van der Waals surface area contributed by atoms with E-state index in [4.69, 9.17) is 30.6 Å². The first-order valence-corrected chi connectivity index (χ1v) is 1.10. The Bertz CT molecular complexity index is 71.9. The van der Waals surface area contributed by atoms with Crippen LogP contribution >= 0.6 is 0 Å². The molecule has 0 fully saturated rings. The predicted octanol–water partition coefficient (Wildman–Crippen LogP) is -6.25. The van der Waals surface area contributed by atoms with Crippen molar-refractivity contribution in [1.82, 2.24) is 0 Å². The Morgan fingerprint density at radius 3 is 0.500 bits per heavy atom. The van der Waals surface area contributed by atoms with E-state index in [2.05, 4.69) is 0 Å². The van der Waals surface area contributed by atoms with Crippen molar-refractivity contribution in [2.24, 2.45) is 0 Å². The van der Waals surface area contributed by atoms with E-state index < -0.39 is 10.2 Å². The molecular formula is H14FeN2O13. The summed E-state index contributed by atoms with van der Waals surface area (Å²) in [6.07, 6.45) is 0. The predicted molar refractivity (Wildman–Crippen MR) is 46.0 cm³/mol. The molecule has 0 aliphatic heterocycles. The molecule has 0 rings (SSSR count). The van der Waals surface area contributed by atoms with E-state index in [-0.39, 0.29) is 55.4 Å². The average molecular weight is 306 g/mol. The Kier molecular flexibility index (Phi) is 801. The van der Waals surface area contributed by atoms with Gasteiger partial charge in [0.1, 0.15) is 0 Å². The maximum absolute atomic E-state index is 8.25. The summed E-state index contributed by atoms with van der Waals surface area (Å²) in [7, 11) is 0. The molecule has 0 radical (unpaired) electrons. The molecule has 0 amide bonds. The minimum atomic E-state index is -1.75. The Hall–Kier alpha value is -1.36. The van der Waals surface area contributed by atoms with E-state index in [1.807, 2.05) is 0 Å². The third-order valence-electron chi connectivity index (χ3n) is 0. The molecule has 16 heteroatoms. The van der Waals surface area contributed by atoms with Gasteiger partial charge in [0, 0.05) is 0 Å². The van der Waals surface area contributed by atoms with Crippen molar-refractivity contribution >= 4 is 0 Å². The fraction of sp³-hybridized carbons (Fsp3) is 0. The second-order valence-corrected chi connectivity index (χ2v) is 0.447. The first kappa shape index (κ1) is 127. The third-order valence-corrected chi connectivity index (χ3v) is 0. The van der Waals surface area contributed by atoms with E-state index >= 15 is 0 Å². The summed E-state index contributed by atoms with van der Waals surface area (Å²) in [6, 6.07) is 0. The topological polar surface area (TPSA) is 353 Å². The van der Waals surface area contributed by atoms with Crippen LogP contribution in [0.25, 0.3) is 0 Å². The summed E-state index contributed by atoms with van der Waals surface area (Å²) in [4.78, 5) is 16.5. The fourth-order valence-corrected chi connectivity index (χ4v) is 0. The minimum Gasteiger partial charge on any atom is -0.412 e. The standard InChI is InChI=1S/Fe.2NO3.7H2O/c;2*2-1(3)4;;;;;;;/h;;;7*1H2/q+2;2*-1;;;;;;;. The van der Waals surface area contributed by atoms with Crippen LogP contribution in [0.1, 0.15) is 0 Å². The molecule has 14 N–H and O–H groups in total. The van der Waals surface area contributed by atoms with Crippen LogP contribution in [-0.2, 0) is 17.1 Å². The van der Waals surface area contributed by atoms with Crippen molar-refractivity contribution < 1.29 is 65.6 Å². The van der Waals surface area contributed by atoms with Gasteiger partial charge < -0.3 is 69.0 Å². The van der Waals surface area contributed by atoms with Crippen molar-refractivity contribution in [2.75, 3.05) is 0 Å². The third kappa shape index (κ3) is 925. The molecule has 0 unspecified atom stereocenters. The summed E-state index contributed by atoms with van der Waals surface area (Å²) < 4.78 is 0. The zero-order valence-corrected chi connectivity index (χ0v) is 8.30. The van der Waals surface area contributed by atoms with Gasteiger partial charge in [0.05, 0.1) is 10.2 Å². The van der Waals surface area contributed by atoms with Gasteiger partial charge in [0.25, 0.3) is 0 Å². The molecule has 0 spiro atoms. The van der Waals surface area contributed by atoms with E-state index in [1.165, 1.54) is 0 Å². The smallest absolute Gasteiger partial charge is 0.412 e. The van der Waals surface area contributed by atoms with Crippen LogP contribution in [0.4, 0.5) is 0 Å². The monoisotopic (exact) mass is 306 g/mol. The summed E-state index contributed by atoms with van der Waals surface area (Å²) in [5.74, 6) is 0. The molecule has 15 nitrogen and oxygen atoms in total. The Morgan fingerprint density at radius 1 is 0.500 bits per heavy atom. The van der Waals surface area contributed by atoms with E-state index in [9.17, 15) is 0 Å². The molecule has 0 aliphatic rings. The summed E-state index contributed by atoms with van der Waals surface area (Å²) in [5, 5.41) is 29.5. The summed E-state index contributed by atoms with van der Waals surface area (Å²) in [6.45, 7) is 0. The maximum atomic E-state index is 8.25. The second kappa shape index (κ2) is 101. The SMILES string of the molecule is O.O.O.O.O.O.O.O=[N+]([O-])[O-].O=[N+]([O-])[O-].[Fe+2]. The van der Waals surface area contributed by atoms with Gasteiger partial charge in [0.15, 0.2) is 0 Å². The van der Waals surface area contributed by atoms with E-state index in [1.54, 1.807) is 0 Å². The van der Waals surface area contributed by atoms with Gasteiger partial charge in [-0.05, 0) is 0 Å². The molecule has 110 valence electrons. The van der Waals surface area contributed by atoms with Crippen molar-refractivity contribution in [2.45, 2.75) is 0 Å². The molecule has 0 heterocycles. The van der Waals surface area contributed by atoms with Crippen molar-refractivity contribution in [3.05, 3.63) is 30.6 Å². The summed E-state index contributed by atoms with van der Waals surface area (Å²) in [5.41, 5.74) is 0. The number of hydrogen-bond acceptors (Lipinski definition) is 6. The largest absolute Gasteiger partial charge is 2.00 e. The number of nitrogens with zero attached hydrogens (tertiary/aromatic N) is 2. The first-order chi connectivity index (χ1) is 3.46. The van der Waals surface area contributed by atoms with Gasteiger partial charge in [-0.15, -0.1) is 0 Å². The molecule has 0 bridgehead atoms. The minimum absolute atomic E-state index is 0. The Morgan fingerprint density at radius 2 is 0.500 bits per heavy atom. The molecular weight excluding hydrogens is 292 g/mol. The molecule has 16 heavy (non-hydrogen) atoms. The zero-order chi connectivity index (χ0) is 7.15. The maximum Gasteiger partial charge on any atom is 2.00 e. The summed E-state index contributed by atoms with van der Waals surface area (Å²) >= 11 is 0. The van der Waals surface area contributed by atoms with Crippen LogP contribution in [0, 0.1) is 30.6 Å². The fourth-order valence-electron chi connectivity index (χ4n) is 0. The van der Waals surface area contributed by atoms with Gasteiger partial charge in [-0.1, -0.05) is 0 Å². The van der Waals surface area contributed by atoms with Crippen molar-refractivity contribution in [1.29, 1.82) is 0 Å². The molecule has 0 aliphatic carbocycles. The molecule has 0 saturated carbocycles. The van der Waals surface area contributed by atoms with Gasteiger partial charge in [0.2, 0.25) is 0 Å². The van der Waals surface area contributed by atoms with E-state index in [0.717, 1.165) is 0 Å². The molecule has 0 saturated heterocycles. The number of hydrogen-bond donors (Lipinski definition) is 0. The van der Waals surface area contributed by atoms with Crippen LogP contribution in [0.15, 0.2) is 0 Å². The van der Waals surface area contributed by atoms with Crippen LogP contribution < -0.4 is 0 Å². The molecule has 0 aromatic carbocycles. The van der Waals surface area contributed by atoms with Gasteiger partial charge in [-0.25, -0.2) is 0 Å². The van der Waals surface area contributed by atoms with Crippen LogP contribution in [0.3, 0.4) is 0 Å². The van der Waals surface area contributed by atoms with Gasteiger partial charge in [-0.2, -0.15) is 0 Å². The number of rotatable bonds is 0. The van der Waals surface area contributed by atoms with Crippen LogP contribution in [0.2, 0.25) is 0 Å². The average Bonchev–Trinajstić information content (AvgIpc) is 1.25. The van der Waals surface area contributed by atoms with Gasteiger partial charge >= 0.3 is 17.1 Å². The molecule has 0 aromatic heterocycles. The van der Waals surface area contributed by atoms with E-state index in [0.29, 0.717) is 0 Å². The second-order valence-electron chi connectivity index (χ2n) is 0.447. The van der Waals surface area contributed by atoms with Gasteiger partial charge in [-0.3, -0.25) is 0 Å². The quantitative estimate of drug-likeness (QED) is 0.237. The van der Waals surface area contributed by atoms with Crippen molar-refractivity contribution in [3.8, 4) is 0 Å². The Balaban J connectivity index is -0.00000000375. The Labute approximate surface area is 97.1 Å². The molecule has 0 aromatic rings. The first-order valence-electron chi connectivity index (χ1n) is 1.10. The zero-order valence-electron chi connectivity index (χ0n) is 7.20. The van der Waals surface area contributed by atoms with Crippen LogP contribution in [0.5, 0.6) is 0 Å². The van der Waals surface area contributed by atoms with Crippen LogP contribution in [-0.4, -0.2) is 48.5 Å². The van der Waals surface area contributed by atoms with Crippen molar-refractivity contribution in [3.63, 3.8) is 0 Å². The molecule has 0 atom stereocenters. The normalized spacial score (nSPS) is 3.00.